The van der Waals surface area contributed by atoms with Crippen LogP contribution in [-0.4, -0.2) is 42.8 Å². The summed E-state index contributed by atoms with van der Waals surface area (Å²) >= 11 is 0. The largest absolute Gasteiger partial charge is 0.386 e. The summed E-state index contributed by atoms with van der Waals surface area (Å²) < 4.78 is 37.6. The average molecular weight is 328 g/mol. The second kappa shape index (κ2) is 4.71. The van der Waals surface area contributed by atoms with Gasteiger partial charge in [0, 0.05) is 30.8 Å². The molecule has 22 heavy (non-hydrogen) atoms. The van der Waals surface area contributed by atoms with Gasteiger partial charge in [-0.05, 0) is 6.07 Å². The predicted octanol–water partition coefficient (Wildman–Crippen LogP) is -0.0974. The van der Waals surface area contributed by atoms with Crippen LogP contribution in [0.5, 0.6) is 0 Å². The number of nitrogens with zero attached hydrogens (tertiary/aromatic N) is 2. The number of hydrogen-bond donors (Lipinski definition) is 2. The van der Waals surface area contributed by atoms with Crippen molar-refractivity contribution in [2.75, 3.05) is 18.8 Å². The summed E-state index contributed by atoms with van der Waals surface area (Å²) in [5, 5.41) is 13.6. The van der Waals surface area contributed by atoms with Crippen LogP contribution in [-0.2, 0) is 9.84 Å². The van der Waals surface area contributed by atoms with Crippen molar-refractivity contribution >= 4 is 21.4 Å². The van der Waals surface area contributed by atoms with Gasteiger partial charge in [-0.15, -0.1) is 0 Å². The van der Waals surface area contributed by atoms with Crippen molar-refractivity contribution in [2.24, 2.45) is 10.7 Å². The van der Waals surface area contributed by atoms with E-state index in [1.807, 2.05) is 0 Å². The summed E-state index contributed by atoms with van der Waals surface area (Å²) in [4.78, 5) is 14.2. The molecular weight excluding hydrogens is 315 g/mol. The fraction of sp³-hybridized carbons (Fsp3) is 0.417. The summed E-state index contributed by atoms with van der Waals surface area (Å²) in [5.41, 5.74) is 5.34. The molecule has 10 heteroatoms. The van der Waals surface area contributed by atoms with Crippen molar-refractivity contribution < 1.29 is 17.7 Å². The van der Waals surface area contributed by atoms with E-state index >= 15 is 0 Å². The van der Waals surface area contributed by atoms with Crippen LogP contribution in [0.15, 0.2) is 23.2 Å². The van der Waals surface area contributed by atoms with Gasteiger partial charge < -0.3 is 11.1 Å². The number of nitro groups is 1. The molecule has 2 aliphatic rings. The van der Waals surface area contributed by atoms with Gasteiger partial charge in [0.1, 0.15) is 11.7 Å². The van der Waals surface area contributed by atoms with Gasteiger partial charge in [-0.3, -0.25) is 15.1 Å². The number of sulfone groups is 1. The Bertz CT molecular complexity index is 788. The zero-order valence-electron chi connectivity index (χ0n) is 11.3. The lowest BCUT2D eigenvalue weighted by atomic mass is 9.99. The standard InChI is InChI=1S/C12H13FN4O4S/c13-9-2-1-7(17(18)19)3-8(9)10-4-22(20,21)12(5-15-6-12)11(14)16-10/h1-3,10,15H,4-6H2,(H2,14,16). The molecule has 118 valence electrons. The van der Waals surface area contributed by atoms with Gasteiger partial charge in [0.2, 0.25) is 0 Å². The molecule has 2 heterocycles. The third-order valence-electron chi connectivity index (χ3n) is 4.10. The first kappa shape index (κ1) is 14.9. The summed E-state index contributed by atoms with van der Waals surface area (Å²) in [7, 11) is -3.64. The Morgan fingerprint density at radius 3 is 2.64 bits per heavy atom. The molecule has 3 N–H and O–H groups in total. The lowest BCUT2D eigenvalue weighted by molar-refractivity contribution is -0.385. The molecule has 1 unspecified atom stereocenters. The number of aliphatic imine (C=N–C) groups is 1. The minimum absolute atomic E-state index is 0.0755. The van der Waals surface area contributed by atoms with Gasteiger partial charge in [0.15, 0.2) is 14.6 Å². The van der Waals surface area contributed by atoms with E-state index in [4.69, 9.17) is 5.73 Å². The van der Waals surface area contributed by atoms with Crippen molar-refractivity contribution in [3.05, 3.63) is 39.7 Å². The summed E-state index contributed by atoms with van der Waals surface area (Å²) in [6.07, 6.45) is 0. The molecule has 1 atom stereocenters. The van der Waals surface area contributed by atoms with Crippen molar-refractivity contribution in [3.63, 3.8) is 0 Å². The van der Waals surface area contributed by atoms with E-state index in [0.717, 1.165) is 18.2 Å². The highest BCUT2D eigenvalue weighted by Gasteiger charge is 2.55. The minimum Gasteiger partial charge on any atom is -0.386 e. The van der Waals surface area contributed by atoms with Gasteiger partial charge >= 0.3 is 0 Å². The van der Waals surface area contributed by atoms with E-state index in [0.29, 0.717) is 0 Å². The molecule has 2 aliphatic heterocycles. The molecule has 0 aromatic heterocycles. The van der Waals surface area contributed by atoms with Crippen LogP contribution in [0.1, 0.15) is 11.6 Å². The van der Waals surface area contributed by atoms with E-state index < -0.39 is 37.1 Å². The van der Waals surface area contributed by atoms with E-state index in [9.17, 15) is 22.9 Å². The maximum Gasteiger partial charge on any atom is 0.269 e. The van der Waals surface area contributed by atoms with Crippen molar-refractivity contribution in [3.8, 4) is 0 Å². The maximum atomic E-state index is 13.9. The Hall–Kier alpha value is -2.07. The Kier molecular flexibility index (Phi) is 3.18. The first-order chi connectivity index (χ1) is 10.3. The summed E-state index contributed by atoms with van der Waals surface area (Å²) in [6.45, 7) is 0.351. The SMILES string of the molecule is NC1=NC(c2cc([N+](=O)[O-])ccc2F)CS(=O)(=O)C12CNC2. The van der Waals surface area contributed by atoms with Crippen LogP contribution in [0.3, 0.4) is 0 Å². The maximum absolute atomic E-state index is 13.9. The lowest BCUT2D eigenvalue weighted by Crippen LogP contribution is -2.72. The van der Waals surface area contributed by atoms with Gasteiger partial charge in [-0.2, -0.15) is 0 Å². The van der Waals surface area contributed by atoms with Crippen LogP contribution < -0.4 is 11.1 Å². The number of nitro benzene ring substituents is 1. The Morgan fingerprint density at radius 2 is 2.14 bits per heavy atom. The second-order valence-electron chi connectivity index (χ2n) is 5.37. The molecule has 0 amide bonds. The van der Waals surface area contributed by atoms with E-state index in [-0.39, 0.29) is 30.2 Å². The molecule has 0 aliphatic carbocycles. The van der Waals surface area contributed by atoms with Crippen molar-refractivity contribution in [1.29, 1.82) is 0 Å². The Balaban J connectivity index is 2.07. The van der Waals surface area contributed by atoms with Crippen LogP contribution in [0.4, 0.5) is 10.1 Å². The molecular formula is C12H13FN4O4S. The highest BCUT2D eigenvalue weighted by Crippen LogP contribution is 2.36. The normalized spacial score (nSPS) is 25.3. The first-order valence-electron chi connectivity index (χ1n) is 6.47. The number of hydrogen-bond acceptors (Lipinski definition) is 7. The van der Waals surface area contributed by atoms with Crippen molar-refractivity contribution in [1.82, 2.24) is 5.32 Å². The highest BCUT2D eigenvalue weighted by molar-refractivity contribution is 7.93. The number of nitrogens with two attached hydrogens (primary N) is 1. The fourth-order valence-electron chi connectivity index (χ4n) is 2.66. The molecule has 1 aromatic carbocycles. The zero-order valence-corrected chi connectivity index (χ0v) is 12.1. The monoisotopic (exact) mass is 328 g/mol. The van der Waals surface area contributed by atoms with Crippen LogP contribution in [0, 0.1) is 15.9 Å². The minimum atomic E-state index is -3.64. The lowest BCUT2D eigenvalue weighted by Gasteiger charge is -2.44. The molecule has 1 spiro atoms. The van der Waals surface area contributed by atoms with Gasteiger partial charge in [-0.25, -0.2) is 12.8 Å². The number of non-ortho nitro benzene ring substituents is 1. The van der Waals surface area contributed by atoms with E-state index in [2.05, 4.69) is 10.3 Å². The molecule has 0 saturated carbocycles. The third-order valence-corrected chi connectivity index (χ3v) is 6.55. The molecule has 0 bridgehead atoms. The second-order valence-corrected chi connectivity index (χ2v) is 7.72. The molecule has 1 saturated heterocycles. The Labute approximate surface area is 125 Å². The average Bonchev–Trinajstić information content (AvgIpc) is 2.35. The molecule has 0 radical (unpaired) electrons. The smallest absolute Gasteiger partial charge is 0.269 e. The zero-order chi connectivity index (χ0) is 16.1. The number of nitrogens with one attached hydrogen (secondary N) is 1. The van der Waals surface area contributed by atoms with E-state index in [1.54, 1.807) is 0 Å². The van der Waals surface area contributed by atoms with E-state index in [1.165, 1.54) is 0 Å². The van der Waals surface area contributed by atoms with Crippen LogP contribution in [0.25, 0.3) is 0 Å². The number of rotatable bonds is 2. The number of amidine groups is 1. The van der Waals surface area contributed by atoms with Gasteiger partial charge in [0.25, 0.3) is 5.69 Å². The number of halogens is 1. The quantitative estimate of drug-likeness (QED) is 0.576. The topological polar surface area (TPSA) is 128 Å². The van der Waals surface area contributed by atoms with Gasteiger partial charge in [0.05, 0.1) is 16.7 Å². The Morgan fingerprint density at radius 1 is 1.45 bits per heavy atom. The predicted molar refractivity (Wildman–Crippen MR) is 76.8 cm³/mol. The first-order valence-corrected chi connectivity index (χ1v) is 8.13. The van der Waals surface area contributed by atoms with Gasteiger partial charge in [-0.1, -0.05) is 0 Å². The molecule has 1 aromatic rings. The molecule has 1 fully saturated rings. The fourth-order valence-corrected chi connectivity index (χ4v) is 4.67. The number of benzene rings is 1. The highest BCUT2D eigenvalue weighted by atomic mass is 32.2. The summed E-state index contributed by atoms with van der Waals surface area (Å²) in [5.74, 6) is -1.24. The molecule has 8 nitrogen and oxygen atoms in total. The van der Waals surface area contributed by atoms with Crippen LogP contribution in [0.2, 0.25) is 0 Å². The van der Waals surface area contributed by atoms with Crippen LogP contribution >= 0.6 is 0 Å². The van der Waals surface area contributed by atoms with Crippen molar-refractivity contribution in [2.45, 2.75) is 10.8 Å². The summed E-state index contributed by atoms with van der Waals surface area (Å²) in [6, 6.07) is 1.88. The molecule has 3 rings (SSSR count). The third kappa shape index (κ3) is 1.98.